The van der Waals surface area contributed by atoms with Gasteiger partial charge in [0.1, 0.15) is 5.38 Å². The second kappa shape index (κ2) is 6.64. The number of hydrogen-bond donors (Lipinski definition) is 1. The van der Waals surface area contributed by atoms with E-state index >= 15 is 0 Å². The van der Waals surface area contributed by atoms with E-state index in [-0.39, 0.29) is 5.91 Å². The number of carbonyl (C=O) groups excluding carboxylic acids is 1. The number of anilines is 2. The molecule has 1 amide bonds. The maximum absolute atomic E-state index is 11.4. The van der Waals surface area contributed by atoms with E-state index in [2.05, 4.69) is 31.0 Å². The maximum Gasteiger partial charge on any atom is 0.242 e. The molecule has 100 valence electrons. The Morgan fingerprint density at radius 1 is 1.28 bits per heavy atom. The third kappa shape index (κ3) is 3.91. The number of halogens is 1. The van der Waals surface area contributed by atoms with Crippen LogP contribution in [0.25, 0.3) is 0 Å². The molecule has 0 aliphatic heterocycles. The number of carbonyl (C=O) groups is 1. The molecule has 18 heavy (non-hydrogen) atoms. The van der Waals surface area contributed by atoms with Crippen molar-refractivity contribution >= 4 is 28.9 Å². The summed E-state index contributed by atoms with van der Waals surface area (Å²) in [5.41, 5.74) is 1.93. The third-order valence-corrected chi connectivity index (χ3v) is 2.99. The van der Waals surface area contributed by atoms with Gasteiger partial charge in [0.05, 0.1) is 0 Å². The summed E-state index contributed by atoms with van der Waals surface area (Å²) in [5, 5.41) is 2.24. The van der Waals surface area contributed by atoms with Gasteiger partial charge in [-0.2, -0.15) is 0 Å². The lowest BCUT2D eigenvalue weighted by atomic mass is 10.2. The van der Waals surface area contributed by atoms with E-state index in [1.54, 1.807) is 6.92 Å². The lowest BCUT2D eigenvalue weighted by molar-refractivity contribution is -0.115. The smallest absolute Gasteiger partial charge is 0.242 e. The van der Waals surface area contributed by atoms with Crippen LogP contribution in [0.4, 0.5) is 11.4 Å². The SMILES string of the molecule is CCN(c1ccc(NC(=O)C(C)Cl)cc1)C(C)C. The van der Waals surface area contributed by atoms with Crippen LogP contribution in [0.1, 0.15) is 27.7 Å². The third-order valence-electron chi connectivity index (χ3n) is 2.79. The fourth-order valence-corrected chi connectivity index (χ4v) is 1.88. The van der Waals surface area contributed by atoms with Crippen LogP contribution >= 0.6 is 11.6 Å². The second-order valence-corrected chi connectivity index (χ2v) is 5.19. The molecule has 0 aliphatic rings. The summed E-state index contributed by atoms with van der Waals surface area (Å²) in [6.45, 7) is 9.07. The van der Waals surface area contributed by atoms with Gasteiger partial charge in [0, 0.05) is 24.0 Å². The Kier molecular flexibility index (Phi) is 5.48. The molecule has 0 bridgehead atoms. The highest BCUT2D eigenvalue weighted by molar-refractivity contribution is 6.32. The van der Waals surface area contributed by atoms with E-state index < -0.39 is 5.38 Å². The molecule has 1 aromatic rings. The highest BCUT2D eigenvalue weighted by atomic mass is 35.5. The largest absolute Gasteiger partial charge is 0.369 e. The predicted molar refractivity (Wildman–Crippen MR) is 78.5 cm³/mol. The number of rotatable bonds is 5. The van der Waals surface area contributed by atoms with Gasteiger partial charge in [0.2, 0.25) is 5.91 Å². The van der Waals surface area contributed by atoms with Crippen LogP contribution in [0.3, 0.4) is 0 Å². The molecule has 1 unspecified atom stereocenters. The second-order valence-electron chi connectivity index (χ2n) is 4.53. The Labute approximate surface area is 114 Å². The summed E-state index contributed by atoms with van der Waals surface area (Å²) in [5.74, 6) is -0.180. The Morgan fingerprint density at radius 2 is 1.83 bits per heavy atom. The summed E-state index contributed by atoms with van der Waals surface area (Å²) >= 11 is 5.70. The van der Waals surface area contributed by atoms with Crippen molar-refractivity contribution < 1.29 is 4.79 Å². The molecule has 0 fully saturated rings. The van der Waals surface area contributed by atoms with Crippen LogP contribution in [-0.2, 0) is 4.79 Å². The predicted octanol–water partition coefficient (Wildman–Crippen LogP) is 3.49. The highest BCUT2D eigenvalue weighted by Crippen LogP contribution is 2.20. The van der Waals surface area contributed by atoms with E-state index in [0.717, 1.165) is 17.9 Å². The van der Waals surface area contributed by atoms with Crippen LogP contribution in [0.5, 0.6) is 0 Å². The number of amides is 1. The molecule has 1 atom stereocenters. The molecule has 0 aromatic heterocycles. The van der Waals surface area contributed by atoms with Gasteiger partial charge >= 0.3 is 0 Å². The molecule has 1 N–H and O–H groups in total. The van der Waals surface area contributed by atoms with Crippen LogP contribution in [-0.4, -0.2) is 23.9 Å². The summed E-state index contributed by atoms with van der Waals surface area (Å²) in [4.78, 5) is 13.7. The van der Waals surface area contributed by atoms with Crippen molar-refractivity contribution in [1.29, 1.82) is 0 Å². The summed E-state index contributed by atoms with van der Waals surface area (Å²) in [6, 6.07) is 8.28. The molecular formula is C14H21ClN2O. The molecule has 1 rings (SSSR count). The van der Waals surface area contributed by atoms with E-state index in [9.17, 15) is 4.79 Å². The molecule has 0 saturated carbocycles. The van der Waals surface area contributed by atoms with Crippen LogP contribution < -0.4 is 10.2 Å². The van der Waals surface area contributed by atoms with E-state index in [4.69, 9.17) is 11.6 Å². The summed E-state index contributed by atoms with van der Waals surface area (Å²) in [6.07, 6.45) is 0. The topological polar surface area (TPSA) is 32.3 Å². The first-order chi connectivity index (χ1) is 8.45. The number of hydrogen-bond acceptors (Lipinski definition) is 2. The molecule has 0 heterocycles. The number of benzene rings is 1. The van der Waals surface area contributed by atoms with Gasteiger partial charge in [0.15, 0.2) is 0 Å². The Bertz CT molecular complexity index is 387. The van der Waals surface area contributed by atoms with Crippen molar-refractivity contribution in [1.82, 2.24) is 0 Å². The van der Waals surface area contributed by atoms with Crippen molar-refractivity contribution in [2.24, 2.45) is 0 Å². The average Bonchev–Trinajstić information content (AvgIpc) is 2.31. The van der Waals surface area contributed by atoms with Gasteiger partial charge in [-0.1, -0.05) is 0 Å². The zero-order chi connectivity index (χ0) is 13.7. The van der Waals surface area contributed by atoms with Crippen LogP contribution in [0.15, 0.2) is 24.3 Å². The average molecular weight is 269 g/mol. The monoisotopic (exact) mass is 268 g/mol. The van der Waals surface area contributed by atoms with Crippen LogP contribution in [0.2, 0.25) is 0 Å². The van der Waals surface area contributed by atoms with Gasteiger partial charge in [-0.05, 0) is 52.0 Å². The summed E-state index contributed by atoms with van der Waals surface area (Å²) < 4.78 is 0. The molecule has 0 spiro atoms. The molecular weight excluding hydrogens is 248 g/mol. The van der Waals surface area contributed by atoms with Gasteiger partial charge in [-0.25, -0.2) is 0 Å². The fraction of sp³-hybridized carbons (Fsp3) is 0.500. The van der Waals surface area contributed by atoms with E-state index in [1.165, 1.54) is 0 Å². The van der Waals surface area contributed by atoms with Gasteiger partial charge in [-0.3, -0.25) is 4.79 Å². The number of nitrogens with one attached hydrogen (secondary N) is 1. The quantitative estimate of drug-likeness (QED) is 0.829. The maximum atomic E-state index is 11.4. The molecule has 4 heteroatoms. The minimum Gasteiger partial charge on any atom is -0.369 e. The van der Waals surface area contributed by atoms with Crippen molar-refractivity contribution in [3.63, 3.8) is 0 Å². The van der Waals surface area contributed by atoms with Crippen LogP contribution in [0, 0.1) is 0 Å². The van der Waals surface area contributed by atoms with Crippen molar-refractivity contribution in [2.75, 3.05) is 16.8 Å². The minimum atomic E-state index is -0.521. The van der Waals surface area contributed by atoms with E-state index in [1.807, 2.05) is 24.3 Å². The Balaban J connectivity index is 2.76. The van der Waals surface area contributed by atoms with E-state index in [0.29, 0.717) is 6.04 Å². The molecule has 0 radical (unpaired) electrons. The lowest BCUT2D eigenvalue weighted by Crippen LogP contribution is -2.30. The zero-order valence-electron chi connectivity index (χ0n) is 11.4. The minimum absolute atomic E-state index is 0.180. The number of alkyl halides is 1. The van der Waals surface area contributed by atoms with Crippen molar-refractivity contribution in [3.8, 4) is 0 Å². The Hall–Kier alpha value is -1.22. The van der Waals surface area contributed by atoms with Crippen molar-refractivity contribution in [2.45, 2.75) is 39.1 Å². The van der Waals surface area contributed by atoms with Gasteiger partial charge in [-0.15, -0.1) is 11.6 Å². The molecule has 0 aliphatic carbocycles. The number of nitrogens with zero attached hydrogens (tertiary/aromatic N) is 1. The first-order valence-electron chi connectivity index (χ1n) is 6.27. The summed E-state index contributed by atoms with van der Waals surface area (Å²) in [7, 11) is 0. The normalized spacial score (nSPS) is 12.3. The molecule has 3 nitrogen and oxygen atoms in total. The van der Waals surface area contributed by atoms with Gasteiger partial charge in [0.25, 0.3) is 0 Å². The molecule has 1 aromatic carbocycles. The van der Waals surface area contributed by atoms with Gasteiger partial charge < -0.3 is 10.2 Å². The molecule has 0 saturated heterocycles. The fourth-order valence-electron chi connectivity index (χ4n) is 1.82. The first-order valence-corrected chi connectivity index (χ1v) is 6.71. The zero-order valence-corrected chi connectivity index (χ0v) is 12.2. The standard InChI is InChI=1S/C14H21ClN2O/c1-5-17(10(2)3)13-8-6-12(7-9-13)16-14(18)11(4)15/h6-11H,5H2,1-4H3,(H,16,18). The highest BCUT2D eigenvalue weighted by Gasteiger charge is 2.10. The Morgan fingerprint density at radius 3 is 2.22 bits per heavy atom. The van der Waals surface area contributed by atoms with Crippen molar-refractivity contribution in [3.05, 3.63) is 24.3 Å². The first kappa shape index (κ1) is 14.8. The lowest BCUT2D eigenvalue weighted by Gasteiger charge is -2.27.